The molecule has 6 nitrogen and oxygen atoms in total. The number of hydrogen-bond donors (Lipinski definition) is 0. The van der Waals surface area contributed by atoms with Crippen LogP contribution in [0.1, 0.15) is 329 Å². The fourth-order valence-electron chi connectivity index (χ4n) is 9.09. The van der Waals surface area contributed by atoms with Crippen LogP contribution in [-0.4, -0.2) is 37.2 Å². The lowest BCUT2D eigenvalue weighted by Gasteiger charge is -2.18. The number of unbranched alkanes of at least 4 members (excludes halogenated alkanes) is 38. The van der Waals surface area contributed by atoms with Gasteiger partial charge >= 0.3 is 17.9 Å². The van der Waals surface area contributed by atoms with Crippen molar-refractivity contribution in [2.45, 2.75) is 335 Å². The van der Waals surface area contributed by atoms with Gasteiger partial charge in [-0.2, -0.15) is 0 Å². The minimum absolute atomic E-state index is 0.0751. The molecule has 0 aliphatic carbocycles. The van der Waals surface area contributed by atoms with Crippen LogP contribution in [0.15, 0.2) is 48.6 Å². The maximum atomic E-state index is 12.9. The topological polar surface area (TPSA) is 78.9 Å². The molecule has 0 spiro atoms. The molecule has 0 fully saturated rings. The van der Waals surface area contributed by atoms with E-state index in [0.29, 0.717) is 19.3 Å². The monoisotopic (exact) mass is 995 g/mol. The van der Waals surface area contributed by atoms with Crippen molar-refractivity contribution in [1.82, 2.24) is 0 Å². The smallest absolute Gasteiger partial charge is 0.306 e. The molecule has 71 heavy (non-hydrogen) atoms. The van der Waals surface area contributed by atoms with Crippen LogP contribution >= 0.6 is 0 Å². The van der Waals surface area contributed by atoms with Crippen LogP contribution in [0, 0.1) is 0 Å². The number of allylic oxidation sites excluding steroid dienone is 8. The van der Waals surface area contributed by atoms with Crippen LogP contribution in [0.5, 0.6) is 0 Å². The largest absolute Gasteiger partial charge is 0.462 e. The van der Waals surface area contributed by atoms with Crippen molar-refractivity contribution in [3.8, 4) is 0 Å². The van der Waals surface area contributed by atoms with Gasteiger partial charge in [0.1, 0.15) is 13.2 Å². The summed E-state index contributed by atoms with van der Waals surface area (Å²) in [4.78, 5) is 38.2. The molecule has 0 aromatic carbocycles. The molecule has 0 rings (SSSR count). The molecule has 414 valence electrons. The predicted molar refractivity (Wildman–Crippen MR) is 307 cm³/mol. The summed E-state index contributed by atoms with van der Waals surface area (Å²) < 4.78 is 16.9. The van der Waals surface area contributed by atoms with Crippen LogP contribution in [0.2, 0.25) is 0 Å². The summed E-state index contributed by atoms with van der Waals surface area (Å²) in [6, 6.07) is 0. The highest BCUT2D eigenvalue weighted by Gasteiger charge is 2.19. The van der Waals surface area contributed by atoms with Crippen LogP contribution in [-0.2, 0) is 28.6 Å². The van der Waals surface area contributed by atoms with Gasteiger partial charge in [0.05, 0.1) is 0 Å². The normalized spacial score (nSPS) is 12.3. The summed E-state index contributed by atoms with van der Waals surface area (Å²) in [5, 5.41) is 0. The highest BCUT2D eigenvalue weighted by Crippen LogP contribution is 2.16. The van der Waals surface area contributed by atoms with Gasteiger partial charge in [-0.1, -0.05) is 275 Å². The van der Waals surface area contributed by atoms with Gasteiger partial charge in [-0.25, -0.2) is 0 Å². The minimum Gasteiger partial charge on any atom is -0.462 e. The number of hydrogen-bond acceptors (Lipinski definition) is 6. The first-order valence-corrected chi connectivity index (χ1v) is 31.1. The van der Waals surface area contributed by atoms with Crippen molar-refractivity contribution >= 4 is 17.9 Å². The lowest BCUT2D eigenvalue weighted by molar-refractivity contribution is -0.167. The molecule has 0 N–H and O–H groups in total. The maximum absolute atomic E-state index is 12.9. The summed E-state index contributed by atoms with van der Waals surface area (Å²) in [6.07, 6.45) is 74.0. The Hall–Kier alpha value is -2.63. The molecule has 1 atom stereocenters. The third kappa shape index (κ3) is 58.1. The van der Waals surface area contributed by atoms with Gasteiger partial charge in [0, 0.05) is 19.3 Å². The van der Waals surface area contributed by atoms with E-state index >= 15 is 0 Å². The Kier molecular flexibility index (Phi) is 57.7. The molecule has 0 heterocycles. The van der Waals surface area contributed by atoms with E-state index in [1.54, 1.807) is 0 Å². The van der Waals surface area contributed by atoms with Gasteiger partial charge in [-0.15, -0.1) is 0 Å². The molecule has 1 unspecified atom stereocenters. The molecule has 0 aliphatic rings. The molecule has 6 heteroatoms. The van der Waals surface area contributed by atoms with Crippen LogP contribution in [0.4, 0.5) is 0 Å². The van der Waals surface area contributed by atoms with Crippen molar-refractivity contribution in [3.63, 3.8) is 0 Å². The molecule has 0 saturated carbocycles. The highest BCUT2D eigenvalue weighted by molar-refractivity contribution is 5.71. The number of carbonyl (C=O) groups is 3. The van der Waals surface area contributed by atoms with E-state index in [-0.39, 0.29) is 31.1 Å². The Morgan fingerprint density at radius 1 is 0.282 bits per heavy atom. The maximum Gasteiger partial charge on any atom is 0.306 e. The average Bonchev–Trinajstić information content (AvgIpc) is 3.37. The van der Waals surface area contributed by atoms with Crippen LogP contribution < -0.4 is 0 Å². The fourth-order valence-corrected chi connectivity index (χ4v) is 9.09. The van der Waals surface area contributed by atoms with Gasteiger partial charge in [0.2, 0.25) is 0 Å². The lowest BCUT2D eigenvalue weighted by atomic mass is 10.1. The lowest BCUT2D eigenvalue weighted by Crippen LogP contribution is -2.30. The van der Waals surface area contributed by atoms with E-state index in [9.17, 15) is 14.4 Å². The molecule has 0 aliphatic heterocycles. The third-order valence-corrected chi connectivity index (χ3v) is 13.8. The molecule has 0 bridgehead atoms. The van der Waals surface area contributed by atoms with E-state index in [1.807, 2.05) is 0 Å². The molecular formula is C65H118O6. The van der Waals surface area contributed by atoms with Crippen molar-refractivity contribution in [2.24, 2.45) is 0 Å². The number of carbonyl (C=O) groups excluding carboxylic acids is 3. The van der Waals surface area contributed by atoms with Gasteiger partial charge in [0.25, 0.3) is 0 Å². The molecule has 0 aromatic rings. The van der Waals surface area contributed by atoms with Crippen LogP contribution in [0.25, 0.3) is 0 Å². The van der Waals surface area contributed by atoms with E-state index in [0.717, 1.165) is 77.0 Å². The van der Waals surface area contributed by atoms with Crippen molar-refractivity contribution < 1.29 is 28.6 Å². The zero-order chi connectivity index (χ0) is 51.4. The predicted octanol–water partition coefficient (Wildman–Crippen LogP) is 21.0. The molecule has 0 aromatic heterocycles. The second-order valence-corrected chi connectivity index (χ2v) is 21.0. The average molecular weight is 996 g/mol. The molecular weight excluding hydrogens is 877 g/mol. The second-order valence-electron chi connectivity index (χ2n) is 21.0. The van der Waals surface area contributed by atoms with Gasteiger partial charge in [-0.3, -0.25) is 14.4 Å². The van der Waals surface area contributed by atoms with E-state index in [1.165, 1.54) is 212 Å². The highest BCUT2D eigenvalue weighted by atomic mass is 16.6. The quantitative estimate of drug-likeness (QED) is 0.0261. The zero-order valence-electron chi connectivity index (χ0n) is 47.5. The summed E-state index contributed by atoms with van der Waals surface area (Å²) >= 11 is 0. The first-order chi connectivity index (χ1) is 35.0. The summed E-state index contributed by atoms with van der Waals surface area (Å²) in [5.41, 5.74) is 0. The van der Waals surface area contributed by atoms with Crippen molar-refractivity contribution in [2.75, 3.05) is 13.2 Å². The number of esters is 3. The molecule has 0 saturated heterocycles. The summed E-state index contributed by atoms with van der Waals surface area (Å²) in [5.74, 6) is -0.874. The first kappa shape index (κ1) is 68.4. The van der Waals surface area contributed by atoms with Gasteiger partial charge < -0.3 is 14.2 Å². The summed E-state index contributed by atoms with van der Waals surface area (Å²) in [6.45, 7) is 6.65. The van der Waals surface area contributed by atoms with E-state index in [2.05, 4.69) is 69.4 Å². The Morgan fingerprint density at radius 2 is 0.507 bits per heavy atom. The van der Waals surface area contributed by atoms with Gasteiger partial charge in [0.15, 0.2) is 6.10 Å². The molecule has 0 amide bonds. The van der Waals surface area contributed by atoms with Crippen LogP contribution in [0.3, 0.4) is 0 Å². The fraction of sp³-hybridized carbons (Fsp3) is 0.831. The standard InChI is InChI=1S/C65H118O6/c1-4-7-10-13-16-19-22-24-26-28-30-32-34-36-38-40-43-46-49-52-55-58-64(67)70-61-62(60-69-63(66)57-54-51-48-45-42-21-18-15-12-9-6-3)71-65(68)59-56-53-50-47-44-41-39-37-35-33-31-29-27-25-23-20-17-14-11-8-5-2/h22,24,28-31,34,36,62H,4-21,23,25-27,32-33,35,37-61H2,1-3H3/b24-22-,30-28-,31-29-,36-34-. The second kappa shape index (κ2) is 59.9. The van der Waals surface area contributed by atoms with E-state index < -0.39 is 6.10 Å². The minimum atomic E-state index is -0.778. The van der Waals surface area contributed by atoms with E-state index in [4.69, 9.17) is 14.2 Å². The SMILES string of the molecule is CCCCCCC/C=C\C/C=C\C/C=C\CCCCCCCCC(=O)OCC(COC(=O)CCCCCCCCCCCCC)OC(=O)CCCCCCCCCCC/C=C\CCCCCCCCCC. The Bertz CT molecular complexity index is 1230. The zero-order valence-corrected chi connectivity index (χ0v) is 47.5. The Morgan fingerprint density at radius 3 is 0.803 bits per heavy atom. The first-order valence-electron chi connectivity index (χ1n) is 31.1. The molecule has 0 radical (unpaired) electrons. The number of ether oxygens (including phenoxy) is 3. The Labute approximate surface area is 441 Å². The number of rotatable bonds is 57. The van der Waals surface area contributed by atoms with Crippen molar-refractivity contribution in [3.05, 3.63) is 48.6 Å². The van der Waals surface area contributed by atoms with Gasteiger partial charge in [-0.05, 0) is 83.5 Å². The summed E-state index contributed by atoms with van der Waals surface area (Å²) in [7, 11) is 0. The van der Waals surface area contributed by atoms with Crippen molar-refractivity contribution in [1.29, 1.82) is 0 Å². The third-order valence-electron chi connectivity index (χ3n) is 13.8. The Balaban J connectivity index is 4.31.